The molecule has 136 valence electrons. The van der Waals surface area contributed by atoms with E-state index in [0.29, 0.717) is 27.0 Å². The summed E-state index contributed by atoms with van der Waals surface area (Å²) >= 11 is 17.9. The molecule has 0 bridgehead atoms. The number of nitrogens with one attached hydrogen (secondary N) is 3. The van der Waals surface area contributed by atoms with Gasteiger partial charge in [0.2, 0.25) is 5.91 Å². The summed E-state index contributed by atoms with van der Waals surface area (Å²) in [6.07, 6.45) is 2.02. The average Bonchev–Trinajstić information content (AvgIpc) is 3.42. The summed E-state index contributed by atoms with van der Waals surface area (Å²) in [5.41, 5.74) is 1.45. The summed E-state index contributed by atoms with van der Waals surface area (Å²) in [5, 5.41) is 9.46. The maximum atomic E-state index is 12.3. The third-order valence-electron chi connectivity index (χ3n) is 3.81. The summed E-state index contributed by atoms with van der Waals surface area (Å²) in [4.78, 5) is 24.5. The molecule has 1 saturated carbocycles. The minimum absolute atomic E-state index is 0.0374. The van der Waals surface area contributed by atoms with E-state index in [4.69, 9.17) is 34.8 Å². The van der Waals surface area contributed by atoms with Crippen molar-refractivity contribution < 1.29 is 9.59 Å². The third-order valence-corrected chi connectivity index (χ3v) is 4.84. The topological polar surface area (TPSA) is 70.2 Å². The molecule has 0 spiro atoms. The highest BCUT2D eigenvalue weighted by atomic mass is 35.5. The van der Waals surface area contributed by atoms with Crippen LogP contribution in [0.5, 0.6) is 0 Å². The fraction of sp³-hybridized carbons (Fsp3) is 0.222. The Morgan fingerprint density at radius 2 is 1.65 bits per heavy atom. The second-order valence-electron chi connectivity index (χ2n) is 5.94. The molecule has 0 radical (unpaired) electrons. The predicted octanol–water partition coefficient (Wildman–Crippen LogP) is 4.59. The second kappa shape index (κ2) is 8.16. The number of rotatable bonds is 6. The number of anilines is 2. The van der Waals surface area contributed by atoms with Gasteiger partial charge in [0.1, 0.15) is 0 Å². The van der Waals surface area contributed by atoms with Crippen LogP contribution in [0.1, 0.15) is 23.2 Å². The second-order valence-corrected chi connectivity index (χ2v) is 7.16. The number of amides is 2. The van der Waals surface area contributed by atoms with Gasteiger partial charge in [0.15, 0.2) is 0 Å². The van der Waals surface area contributed by atoms with Crippen molar-refractivity contribution in [1.29, 1.82) is 0 Å². The van der Waals surface area contributed by atoms with Gasteiger partial charge >= 0.3 is 0 Å². The molecule has 8 heteroatoms. The van der Waals surface area contributed by atoms with Crippen LogP contribution in [0.4, 0.5) is 11.4 Å². The van der Waals surface area contributed by atoms with Crippen LogP contribution in [0.15, 0.2) is 36.4 Å². The van der Waals surface area contributed by atoms with Gasteiger partial charge in [0.25, 0.3) is 5.91 Å². The average molecular weight is 413 g/mol. The first-order valence-electron chi connectivity index (χ1n) is 8.02. The molecule has 3 rings (SSSR count). The molecule has 1 fully saturated rings. The van der Waals surface area contributed by atoms with Crippen molar-refractivity contribution in [3.63, 3.8) is 0 Å². The number of carbonyl (C=O) groups is 2. The number of para-hydroxylation sites is 1. The Bertz CT molecular complexity index is 854. The standard InChI is InChI=1S/C18H16Cl3N3O2/c19-12-7-14(21)16(8-13(12)20)24-17(25)9-22-15-4-2-1-3-11(15)18(26)23-10-5-6-10/h1-4,7-8,10,22H,5-6,9H2,(H,23,26)(H,24,25). The van der Waals surface area contributed by atoms with Gasteiger partial charge in [-0.15, -0.1) is 0 Å². The first kappa shape index (κ1) is 18.8. The molecule has 2 aromatic carbocycles. The number of hydrogen-bond donors (Lipinski definition) is 3. The molecule has 2 aromatic rings. The first-order chi connectivity index (χ1) is 12.4. The fourth-order valence-corrected chi connectivity index (χ4v) is 2.91. The maximum Gasteiger partial charge on any atom is 0.253 e. The molecule has 3 N–H and O–H groups in total. The molecule has 0 atom stereocenters. The zero-order valence-corrected chi connectivity index (χ0v) is 15.9. The van der Waals surface area contributed by atoms with E-state index in [9.17, 15) is 9.59 Å². The Hall–Kier alpha value is -1.95. The summed E-state index contributed by atoms with van der Waals surface area (Å²) in [6, 6.07) is 10.3. The zero-order chi connectivity index (χ0) is 18.7. The van der Waals surface area contributed by atoms with Crippen molar-refractivity contribution in [1.82, 2.24) is 5.32 Å². The van der Waals surface area contributed by atoms with Gasteiger partial charge in [-0.1, -0.05) is 46.9 Å². The van der Waals surface area contributed by atoms with Gasteiger partial charge in [-0.2, -0.15) is 0 Å². The molecule has 26 heavy (non-hydrogen) atoms. The molecule has 0 heterocycles. The van der Waals surface area contributed by atoms with E-state index < -0.39 is 0 Å². The van der Waals surface area contributed by atoms with Crippen molar-refractivity contribution >= 4 is 58.0 Å². The quantitative estimate of drug-likeness (QED) is 0.608. The van der Waals surface area contributed by atoms with Crippen molar-refractivity contribution in [2.45, 2.75) is 18.9 Å². The van der Waals surface area contributed by atoms with Gasteiger partial charge in [-0.25, -0.2) is 0 Å². The number of halogens is 3. The smallest absolute Gasteiger partial charge is 0.253 e. The van der Waals surface area contributed by atoms with Crippen LogP contribution in [-0.2, 0) is 4.79 Å². The highest BCUT2D eigenvalue weighted by molar-refractivity contribution is 6.44. The van der Waals surface area contributed by atoms with Crippen molar-refractivity contribution in [2.24, 2.45) is 0 Å². The maximum absolute atomic E-state index is 12.3. The van der Waals surface area contributed by atoms with Crippen LogP contribution in [0, 0.1) is 0 Å². The minimum Gasteiger partial charge on any atom is -0.376 e. The number of carbonyl (C=O) groups excluding carboxylic acids is 2. The predicted molar refractivity (Wildman–Crippen MR) is 106 cm³/mol. The Morgan fingerprint density at radius 3 is 2.38 bits per heavy atom. The lowest BCUT2D eigenvalue weighted by Crippen LogP contribution is -2.27. The van der Waals surface area contributed by atoms with Crippen LogP contribution in [0.2, 0.25) is 15.1 Å². The Morgan fingerprint density at radius 1 is 0.962 bits per heavy atom. The van der Waals surface area contributed by atoms with Crippen LogP contribution >= 0.6 is 34.8 Å². The van der Waals surface area contributed by atoms with Crippen molar-refractivity contribution in [2.75, 3.05) is 17.2 Å². The zero-order valence-electron chi connectivity index (χ0n) is 13.6. The van der Waals surface area contributed by atoms with E-state index in [1.54, 1.807) is 24.3 Å². The van der Waals surface area contributed by atoms with Crippen LogP contribution in [0.3, 0.4) is 0 Å². The summed E-state index contributed by atoms with van der Waals surface area (Å²) in [6.45, 7) is -0.0374. The van der Waals surface area contributed by atoms with Crippen LogP contribution < -0.4 is 16.0 Å². The highest BCUT2D eigenvalue weighted by Gasteiger charge is 2.24. The lowest BCUT2D eigenvalue weighted by Gasteiger charge is -2.13. The monoisotopic (exact) mass is 411 g/mol. The molecule has 0 saturated heterocycles. The van der Waals surface area contributed by atoms with E-state index in [-0.39, 0.29) is 29.4 Å². The van der Waals surface area contributed by atoms with E-state index in [1.807, 2.05) is 0 Å². The first-order valence-corrected chi connectivity index (χ1v) is 9.15. The van der Waals surface area contributed by atoms with E-state index in [1.165, 1.54) is 12.1 Å². The number of hydrogen-bond acceptors (Lipinski definition) is 3. The molecule has 0 aromatic heterocycles. The van der Waals surface area contributed by atoms with Gasteiger partial charge in [-0.05, 0) is 37.1 Å². The van der Waals surface area contributed by atoms with Gasteiger partial charge in [-0.3, -0.25) is 9.59 Å². The van der Waals surface area contributed by atoms with Crippen LogP contribution in [-0.4, -0.2) is 24.4 Å². The third kappa shape index (κ3) is 4.81. The SMILES string of the molecule is O=C(CNc1ccccc1C(=O)NC1CC1)Nc1cc(Cl)c(Cl)cc1Cl. The van der Waals surface area contributed by atoms with Crippen molar-refractivity contribution in [3.8, 4) is 0 Å². The Balaban J connectivity index is 1.63. The molecule has 1 aliphatic rings. The summed E-state index contributed by atoms with van der Waals surface area (Å²) < 4.78 is 0. The Kier molecular flexibility index (Phi) is 5.91. The highest BCUT2D eigenvalue weighted by Crippen LogP contribution is 2.32. The van der Waals surface area contributed by atoms with Gasteiger partial charge < -0.3 is 16.0 Å². The lowest BCUT2D eigenvalue weighted by molar-refractivity contribution is -0.114. The molecule has 1 aliphatic carbocycles. The molecule has 0 unspecified atom stereocenters. The molecular weight excluding hydrogens is 397 g/mol. The van der Waals surface area contributed by atoms with Crippen molar-refractivity contribution in [3.05, 3.63) is 57.0 Å². The van der Waals surface area contributed by atoms with E-state index >= 15 is 0 Å². The van der Waals surface area contributed by atoms with Gasteiger partial charge in [0, 0.05) is 11.7 Å². The Labute approximate surface area is 166 Å². The summed E-state index contributed by atoms with van der Waals surface area (Å²) in [7, 11) is 0. The molecule has 2 amide bonds. The normalized spacial score (nSPS) is 13.2. The lowest BCUT2D eigenvalue weighted by atomic mass is 10.1. The molecular formula is C18H16Cl3N3O2. The van der Waals surface area contributed by atoms with Crippen LogP contribution in [0.25, 0.3) is 0 Å². The summed E-state index contributed by atoms with van der Waals surface area (Å²) in [5.74, 6) is -0.480. The molecule has 0 aliphatic heterocycles. The van der Waals surface area contributed by atoms with Gasteiger partial charge in [0.05, 0.1) is 32.9 Å². The minimum atomic E-state index is -0.331. The molecule has 5 nitrogen and oxygen atoms in total. The van der Waals surface area contributed by atoms with E-state index in [0.717, 1.165) is 12.8 Å². The largest absolute Gasteiger partial charge is 0.376 e. The fourth-order valence-electron chi connectivity index (χ4n) is 2.31. The number of benzene rings is 2. The van der Waals surface area contributed by atoms with E-state index in [2.05, 4.69) is 16.0 Å².